The van der Waals surface area contributed by atoms with Crippen LogP contribution in [0.25, 0.3) is 0 Å². The zero-order chi connectivity index (χ0) is 19.7. The highest BCUT2D eigenvalue weighted by molar-refractivity contribution is 5.81. The van der Waals surface area contributed by atoms with Crippen molar-refractivity contribution in [2.24, 2.45) is 5.92 Å². The Morgan fingerprint density at radius 3 is 2.96 bits per heavy atom. The predicted molar refractivity (Wildman–Crippen MR) is 106 cm³/mol. The first kappa shape index (κ1) is 18.6. The average Bonchev–Trinajstić information content (AvgIpc) is 3.22. The van der Waals surface area contributed by atoms with Gasteiger partial charge < -0.3 is 14.5 Å². The number of nitrogens with one attached hydrogen (secondary N) is 2. The van der Waals surface area contributed by atoms with Gasteiger partial charge in [0.1, 0.15) is 17.9 Å². The van der Waals surface area contributed by atoms with E-state index in [0.29, 0.717) is 19.6 Å². The van der Waals surface area contributed by atoms with Gasteiger partial charge in [0.25, 0.3) is 0 Å². The summed E-state index contributed by atoms with van der Waals surface area (Å²) in [5, 5.41) is 0. The lowest BCUT2D eigenvalue weighted by Crippen LogP contribution is -2.42. The molecule has 8 nitrogen and oxygen atoms in total. The minimum atomic E-state index is -0.177. The molecule has 2 atom stereocenters. The first-order valence-electron chi connectivity index (χ1n) is 9.49. The molecule has 1 fully saturated rings. The largest absolute Gasteiger partial charge is 0.497 e. The van der Waals surface area contributed by atoms with E-state index in [1.54, 1.807) is 13.4 Å². The molecule has 1 aromatic carbocycles. The van der Waals surface area contributed by atoms with Gasteiger partial charge in [-0.25, -0.2) is 15.4 Å². The third-order valence-electron chi connectivity index (χ3n) is 5.47. The number of methoxy groups -OCH3 is 1. The number of amides is 1. The molecular weight excluding hydrogens is 356 g/mol. The van der Waals surface area contributed by atoms with Crippen LogP contribution >= 0.6 is 0 Å². The van der Waals surface area contributed by atoms with Gasteiger partial charge in [-0.05, 0) is 24.1 Å². The van der Waals surface area contributed by atoms with E-state index in [2.05, 4.69) is 20.8 Å². The van der Waals surface area contributed by atoms with Gasteiger partial charge in [-0.1, -0.05) is 12.1 Å². The number of hydrogen-bond acceptors (Lipinski definition) is 7. The van der Waals surface area contributed by atoms with Crippen molar-refractivity contribution in [3.05, 3.63) is 47.4 Å². The molecule has 1 amide bonds. The second-order valence-electron chi connectivity index (χ2n) is 7.41. The Morgan fingerprint density at radius 1 is 1.32 bits per heavy atom. The van der Waals surface area contributed by atoms with Gasteiger partial charge in [0.2, 0.25) is 5.91 Å². The Morgan fingerprint density at radius 2 is 2.18 bits per heavy atom. The van der Waals surface area contributed by atoms with Crippen molar-refractivity contribution in [1.82, 2.24) is 25.7 Å². The number of benzene rings is 1. The van der Waals surface area contributed by atoms with E-state index in [1.807, 2.05) is 48.2 Å². The summed E-state index contributed by atoms with van der Waals surface area (Å²) in [6, 6.07) is 7.77. The van der Waals surface area contributed by atoms with Crippen molar-refractivity contribution in [2.75, 3.05) is 39.2 Å². The van der Waals surface area contributed by atoms with Crippen molar-refractivity contribution in [3.63, 3.8) is 0 Å². The van der Waals surface area contributed by atoms with E-state index >= 15 is 0 Å². The first-order valence-corrected chi connectivity index (χ1v) is 9.49. The van der Waals surface area contributed by atoms with Crippen LogP contribution in [0, 0.1) is 5.92 Å². The van der Waals surface area contributed by atoms with E-state index in [9.17, 15) is 4.79 Å². The lowest BCUT2D eigenvalue weighted by molar-refractivity contribution is -0.136. The molecule has 4 rings (SSSR count). The van der Waals surface area contributed by atoms with Gasteiger partial charge in [-0.15, -0.1) is 0 Å². The molecule has 1 aromatic heterocycles. The first-order chi connectivity index (χ1) is 13.6. The van der Waals surface area contributed by atoms with Gasteiger partial charge >= 0.3 is 0 Å². The van der Waals surface area contributed by atoms with Crippen molar-refractivity contribution in [1.29, 1.82) is 0 Å². The zero-order valence-corrected chi connectivity index (χ0v) is 16.5. The molecule has 2 N–H and O–H groups in total. The van der Waals surface area contributed by atoms with Gasteiger partial charge in [0.05, 0.1) is 31.3 Å². The topological polar surface area (TPSA) is 82.6 Å². The number of carbonyl (C=O) groups is 1. The van der Waals surface area contributed by atoms with Gasteiger partial charge in [0, 0.05) is 32.7 Å². The lowest BCUT2D eigenvalue weighted by Gasteiger charge is -2.32. The number of fused-ring (bicyclic) bond motifs is 1. The monoisotopic (exact) mass is 382 g/mol. The van der Waals surface area contributed by atoms with Gasteiger partial charge in [-0.3, -0.25) is 10.2 Å². The summed E-state index contributed by atoms with van der Waals surface area (Å²) >= 11 is 0. The fraction of sp³-hybridized carbons (Fsp3) is 0.450. The number of nitrogens with zero attached hydrogens (tertiary/aromatic N) is 4. The van der Waals surface area contributed by atoms with Crippen LogP contribution in [0.3, 0.4) is 0 Å². The van der Waals surface area contributed by atoms with E-state index in [1.165, 1.54) is 0 Å². The Balaban J connectivity index is 1.54. The van der Waals surface area contributed by atoms with Crippen LogP contribution in [-0.2, 0) is 17.8 Å². The Hall–Kier alpha value is -2.71. The normalized spacial score (nSPS) is 21.3. The average molecular weight is 382 g/mol. The van der Waals surface area contributed by atoms with Gasteiger partial charge in [-0.2, -0.15) is 0 Å². The highest BCUT2D eigenvalue weighted by Crippen LogP contribution is 2.31. The lowest BCUT2D eigenvalue weighted by atomic mass is 9.92. The maximum atomic E-state index is 13.3. The molecule has 2 aliphatic rings. The molecule has 2 aromatic rings. The number of aromatic nitrogens is 2. The molecule has 28 heavy (non-hydrogen) atoms. The molecule has 2 aliphatic heterocycles. The zero-order valence-electron chi connectivity index (χ0n) is 16.5. The summed E-state index contributed by atoms with van der Waals surface area (Å²) in [6.45, 7) is 1.80. The Labute approximate surface area is 164 Å². The summed E-state index contributed by atoms with van der Waals surface area (Å²) in [5.41, 5.74) is 9.52. The quantitative estimate of drug-likeness (QED) is 0.813. The number of rotatable bonds is 4. The molecule has 0 spiro atoms. The van der Waals surface area contributed by atoms with Crippen LogP contribution in [0.1, 0.15) is 22.9 Å². The van der Waals surface area contributed by atoms with Crippen LogP contribution in [-0.4, -0.2) is 55.1 Å². The molecule has 148 valence electrons. The van der Waals surface area contributed by atoms with E-state index < -0.39 is 0 Å². The predicted octanol–water partition coefficient (Wildman–Crippen LogP) is 0.901. The van der Waals surface area contributed by atoms with Crippen molar-refractivity contribution < 1.29 is 9.53 Å². The molecule has 3 heterocycles. The number of hydrogen-bond donors (Lipinski definition) is 2. The summed E-state index contributed by atoms with van der Waals surface area (Å²) in [4.78, 5) is 26.1. The molecule has 8 heteroatoms. The summed E-state index contributed by atoms with van der Waals surface area (Å²) in [7, 11) is 5.61. The molecular formula is C20H26N6O2. The molecule has 1 saturated heterocycles. The van der Waals surface area contributed by atoms with E-state index in [0.717, 1.165) is 34.8 Å². The minimum Gasteiger partial charge on any atom is -0.497 e. The number of hydrazine groups is 1. The number of anilines is 1. The van der Waals surface area contributed by atoms with Crippen LogP contribution in [0.15, 0.2) is 30.6 Å². The third-order valence-corrected chi connectivity index (χ3v) is 5.47. The molecule has 0 bridgehead atoms. The standard InChI is InChI=1S/C20H26N6O2/c1-25(2)19-15-7-8-26(11-17(15)21-12-22-19)20(27)16-10-23-24-18(16)13-5-4-6-14(9-13)28-3/h4-6,9,12,16,18,23-24H,7-8,10-11H2,1-3H3. The SMILES string of the molecule is COc1cccc(C2NNCC2C(=O)N2CCc3c(ncnc3N(C)C)C2)c1. The Kier molecular flexibility index (Phi) is 5.15. The van der Waals surface area contributed by atoms with Crippen LogP contribution in [0.4, 0.5) is 5.82 Å². The molecule has 0 radical (unpaired) electrons. The molecule has 0 saturated carbocycles. The summed E-state index contributed by atoms with van der Waals surface area (Å²) < 4.78 is 5.33. The fourth-order valence-electron chi connectivity index (χ4n) is 4.02. The van der Waals surface area contributed by atoms with Crippen molar-refractivity contribution >= 4 is 11.7 Å². The fourth-order valence-corrected chi connectivity index (χ4v) is 4.02. The minimum absolute atomic E-state index is 0.0910. The van der Waals surface area contributed by atoms with Gasteiger partial charge in [0.15, 0.2) is 0 Å². The maximum absolute atomic E-state index is 13.3. The highest BCUT2D eigenvalue weighted by Gasteiger charge is 2.38. The van der Waals surface area contributed by atoms with E-state index in [4.69, 9.17) is 4.74 Å². The van der Waals surface area contributed by atoms with Crippen molar-refractivity contribution in [2.45, 2.75) is 19.0 Å². The molecule has 0 aliphatic carbocycles. The summed E-state index contributed by atoms with van der Waals surface area (Å²) in [5.74, 6) is 1.69. The van der Waals surface area contributed by atoms with Crippen LogP contribution < -0.4 is 20.5 Å². The van der Waals surface area contributed by atoms with Crippen molar-refractivity contribution in [3.8, 4) is 5.75 Å². The number of carbonyl (C=O) groups excluding carboxylic acids is 1. The smallest absolute Gasteiger partial charge is 0.229 e. The van der Waals surface area contributed by atoms with Crippen LogP contribution in [0.2, 0.25) is 0 Å². The van der Waals surface area contributed by atoms with E-state index in [-0.39, 0.29) is 17.9 Å². The highest BCUT2D eigenvalue weighted by atomic mass is 16.5. The summed E-state index contributed by atoms with van der Waals surface area (Å²) in [6.07, 6.45) is 2.35. The second kappa shape index (κ2) is 7.73. The number of ether oxygens (including phenoxy) is 1. The third kappa shape index (κ3) is 3.41. The second-order valence-corrected chi connectivity index (χ2v) is 7.41. The van der Waals surface area contributed by atoms with Crippen LogP contribution in [0.5, 0.6) is 5.75 Å². The Bertz CT molecular complexity index is 872. The molecule has 2 unspecified atom stereocenters. The maximum Gasteiger partial charge on any atom is 0.229 e.